The summed E-state index contributed by atoms with van der Waals surface area (Å²) in [5.41, 5.74) is 2.61. The molecule has 2 aromatic rings. The minimum Gasteiger partial charge on any atom is -0.311 e. The van der Waals surface area contributed by atoms with Crippen LogP contribution in [-0.4, -0.2) is 43.6 Å². The van der Waals surface area contributed by atoms with Crippen molar-refractivity contribution in [3.63, 3.8) is 0 Å². The first-order chi connectivity index (χ1) is 11.9. The number of amides is 1. The topological polar surface area (TPSA) is 95.9 Å². The Morgan fingerprint density at radius 1 is 1.40 bits per heavy atom. The van der Waals surface area contributed by atoms with E-state index in [4.69, 9.17) is 0 Å². The second-order valence-corrected chi connectivity index (χ2v) is 6.27. The summed E-state index contributed by atoms with van der Waals surface area (Å²) in [4.78, 5) is 32.1. The highest BCUT2D eigenvalue weighted by Crippen LogP contribution is 2.23. The number of nitrogens with one attached hydrogen (secondary N) is 2. The van der Waals surface area contributed by atoms with Crippen molar-refractivity contribution in [3.05, 3.63) is 45.8 Å². The Hall–Kier alpha value is -2.74. The first kappa shape index (κ1) is 17.1. The van der Waals surface area contributed by atoms with Crippen LogP contribution >= 0.6 is 0 Å². The SMILES string of the molecule is CC(=O)Nc1cc(C2=CCCN(Cc3cc(=O)[nH]c(C)n3)C2)nn1C. The molecule has 0 atom stereocenters. The van der Waals surface area contributed by atoms with E-state index in [-0.39, 0.29) is 11.5 Å². The summed E-state index contributed by atoms with van der Waals surface area (Å²) in [6, 6.07) is 3.42. The second-order valence-electron chi connectivity index (χ2n) is 6.27. The number of aromatic amines is 1. The number of nitrogens with zero attached hydrogens (tertiary/aromatic N) is 4. The molecular formula is C17H22N6O2. The Bertz CT molecular complexity index is 880. The van der Waals surface area contributed by atoms with Gasteiger partial charge in [-0.2, -0.15) is 5.10 Å². The van der Waals surface area contributed by atoms with E-state index in [2.05, 4.69) is 31.4 Å². The number of hydrogen-bond acceptors (Lipinski definition) is 5. The lowest BCUT2D eigenvalue weighted by Gasteiger charge is -2.26. The molecule has 3 rings (SSSR count). The van der Waals surface area contributed by atoms with Gasteiger partial charge < -0.3 is 10.3 Å². The maximum Gasteiger partial charge on any atom is 0.251 e. The van der Waals surface area contributed by atoms with Gasteiger partial charge in [-0.3, -0.25) is 19.2 Å². The van der Waals surface area contributed by atoms with Gasteiger partial charge in [0.25, 0.3) is 5.56 Å². The molecule has 132 valence electrons. The van der Waals surface area contributed by atoms with Gasteiger partial charge in [-0.1, -0.05) is 6.08 Å². The number of aryl methyl sites for hydroxylation is 2. The van der Waals surface area contributed by atoms with Gasteiger partial charge in [0.2, 0.25) is 5.91 Å². The lowest BCUT2D eigenvalue weighted by atomic mass is 10.1. The molecule has 1 aliphatic rings. The molecule has 0 saturated carbocycles. The summed E-state index contributed by atoms with van der Waals surface area (Å²) < 4.78 is 1.66. The molecule has 1 amide bonds. The van der Waals surface area contributed by atoms with Crippen LogP contribution in [0.1, 0.15) is 30.6 Å². The van der Waals surface area contributed by atoms with E-state index in [0.29, 0.717) is 18.2 Å². The minimum atomic E-state index is -0.125. The van der Waals surface area contributed by atoms with Gasteiger partial charge in [-0.05, 0) is 18.9 Å². The van der Waals surface area contributed by atoms with Crippen molar-refractivity contribution < 1.29 is 4.79 Å². The molecule has 8 heteroatoms. The maximum atomic E-state index is 11.6. The fraction of sp³-hybridized carbons (Fsp3) is 0.412. The minimum absolute atomic E-state index is 0.121. The summed E-state index contributed by atoms with van der Waals surface area (Å²) in [7, 11) is 1.80. The number of carbonyl (C=O) groups is 1. The van der Waals surface area contributed by atoms with Crippen LogP contribution in [0.5, 0.6) is 0 Å². The largest absolute Gasteiger partial charge is 0.311 e. The van der Waals surface area contributed by atoms with Gasteiger partial charge in [-0.15, -0.1) is 0 Å². The number of H-pyrrole nitrogens is 1. The Morgan fingerprint density at radius 2 is 2.20 bits per heavy atom. The van der Waals surface area contributed by atoms with Crippen LogP contribution < -0.4 is 10.9 Å². The van der Waals surface area contributed by atoms with Crippen LogP contribution in [0, 0.1) is 6.92 Å². The molecule has 8 nitrogen and oxygen atoms in total. The third-order valence-electron chi connectivity index (χ3n) is 4.04. The van der Waals surface area contributed by atoms with Crippen molar-refractivity contribution in [1.29, 1.82) is 0 Å². The van der Waals surface area contributed by atoms with Gasteiger partial charge in [0.05, 0.1) is 11.4 Å². The van der Waals surface area contributed by atoms with Gasteiger partial charge >= 0.3 is 0 Å². The Kier molecular flexibility index (Phi) is 4.80. The predicted octanol–water partition coefficient (Wildman–Crippen LogP) is 1.06. The first-order valence-electron chi connectivity index (χ1n) is 8.21. The van der Waals surface area contributed by atoms with Gasteiger partial charge in [-0.25, -0.2) is 4.98 Å². The van der Waals surface area contributed by atoms with E-state index in [0.717, 1.165) is 36.5 Å². The van der Waals surface area contributed by atoms with E-state index in [9.17, 15) is 9.59 Å². The average molecular weight is 342 g/mol. The summed E-state index contributed by atoms with van der Waals surface area (Å²) in [5, 5.41) is 7.26. The van der Waals surface area contributed by atoms with Crippen molar-refractivity contribution in [3.8, 4) is 0 Å². The predicted molar refractivity (Wildman–Crippen MR) is 95.0 cm³/mol. The van der Waals surface area contributed by atoms with Crippen LogP contribution in [-0.2, 0) is 18.4 Å². The van der Waals surface area contributed by atoms with Crippen LogP contribution in [0.15, 0.2) is 23.0 Å². The standard InChI is InChI=1S/C17H22N6O2/c1-11-18-14(7-17(25)19-11)10-23-6-4-5-13(9-23)15-8-16(20-12(2)24)22(3)21-15/h5,7-8H,4,6,9-10H2,1-3H3,(H,20,24)(H,18,19,25). The smallest absolute Gasteiger partial charge is 0.251 e. The third kappa shape index (κ3) is 4.21. The van der Waals surface area contributed by atoms with Crippen LogP contribution in [0.4, 0.5) is 5.82 Å². The third-order valence-corrected chi connectivity index (χ3v) is 4.04. The highest BCUT2D eigenvalue weighted by Gasteiger charge is 2.18. The molecule has 0 bridgehead atoms. The number of rotatable bonds is 4. The van der Waals surface area contributed by atoms with Crippen LogP contribution in [0.25, 0.3) is 5.57 Å². The number of anilines is 1. The van der Waals surface area contributed by atoms with Gasteiger partial charge in [0, 0.05) is 45.7 Å². The van der Waals surface area contributed by atoms with Crippen LogP contribution in [0.2, 0.25) is 0 Å². The molecule has 0 aromatic carbocycles. The van der Waals surface area contributed by atoms with E-state index in [1.807, 2.05) is 6.07 Å². The summed E-state index contributed by atoms with van der Waals surface area (Å²) in [5.74, 6) is 1.18. The number of aromatic nitrogens is 4. The zero-order valence-corrected chi connectivity index (χ0v) is 14.7. The van der Waals surface area contributed by atoms with Crippen molar-refractivity contribution in [2.75, 3.05) is 18.4 Å². The monoisotopic (exact) mass is 342 g/mol. The lowest BCUT2D eigenvalue weighted by molar-refractivity contribution is -0.114. The normalized spacial score (nSPS) is 15.1. The lowest BCUT2D eigenvalue weighted by Crippen LogP contribution is -2.30. The van der Waals surface area contributed by atoms with E-state index < -0.39 is 0 Å². The highest BCUT2D eigenvalue weighted by atomic mass is 16.1. The van der Waals surface area contributed by atoms with E-state index >= 15 is 0 Å². The van der Waals surface area contributed by atoms with Gasteiger partial charge in [0.1, 0.15) is 11.6 Å². The molecule has 2 aromatic heterocycles. The fourth-order valence-corrected chi connectivity index (χ4v) is 3.00. The van der Waals surface area contributed by atoms with Gasteiger partial charge in [0.15, 0.2) is 0 Å². The fourth-order valence-electron chi connectivity index (χ4n) is 3.00. The molecule has 0 spiro atoms. The Balaban J connectivity index is 1.73. The highest BCUT2D eigenvalue weighted by molar-refractivity contribution is 5.88. The molecule has 1 aliphatic heterocycles. The second kappa shape index (κ2) is 7.02. The van der Waals surface area contributed by atoms with Crippen molar-refractivity contribution in [2.24, 2.45) is 7.05 Å². The molecular weight excluding hydrogens is 320 g/mol. The first-order valence-corrected chi connectivity index (χ1v) is 8.21. The number of hydrogen-bond donors (Lipinski definition) is 2. The molecule has 0 aliphatic carbocycles. The molecule has 3 heterocycles. The maximum absolute atomic E-state index is 11.6. The van der Waals surface area contributed by atoms with Crippen molar-refractivity contribution in [2.45, 2.75) is 26.8 Å². The van der Waals surface area contributed by atoms with E-state index in [1.165, 1.54) is 6.92 Å². The molecule has 0 fully saturated rings. The van der Waals surface area contributed by atoms with E-state index in [1.54, 1.807) is 24.7 Å². The quantitative estimate of drug-likeness (QED) is 0.866. The Labute approximate surface area is 145 Å². The number of carbonyl (C=O) groups excluding carboxylic acids is 1. The summed E-state index contributed by atoms with van der Waals surface area (Å²) >= 11 is 0. The zero-order valence-electron chi connectivity index (χ0n) is 14.7. The Morgan fingerprint density at radius 3 is 2.92 bits per heavy atom. The van der Waals surface area contributed by atoms with Crippen LogP contribution in [0.3, 0.4) is 0 Å². The van der Waals surface area contributed by atoms with Crippen molar-refractivity contribution >= 4 is 17.3 Å². The zero-order chi connectivity index (χ0) is 18.0. The molecule has 0 unspecified atom stereocenters. The molecule has 0 saturated heterocycles. The average Bonchev–Trinajstić information content (AvgIpc) is 2.87. The molecule has 0 radical (unpaired) electrons. The molecule has 2 N–H and O–H groups in total. The molecule has 25 heavy (non-hydrogen) atoms. The van der Waals surface area contributed by atoms with Crippen molar-refractivity contribution in [1.82, 2.24) is 24.6 Å². The summed E-state index contributed by atoms with van der Waals surface area (Å²) in [6.45, 7) is 5.51. The summed E-state index contributed by atoms with van der Waals surface area (Å²) in [6.07, 6.45) is 3.08.